The Labute approximate surface area is 124 Å². The van der Waals surface area contributed by atoms with Gasteiger partial charge in [-0.25, -0.2) is 8.42 Å². The highest BCUT2D eigenvalue weighted by molar-refractivity contribution is 8.13. The van der Waals surface area contributed by atoms with Gasteiger partial charge in [0.25, 0.3) is 15.0 Å². The van der Waals surface area contributed by atoms with Gasteiger partial charge in [0, 0.05) is 29.3 Å². The molecule has 0 saturated carbocycles. The monoisotopic (exact) mass is 315 g/mol. The fourth-order valence-corrected chi connectivity index (χ4v) is 3.08. The summed E-state index contributed by atoms with van der Waals surface area (Å²) in [5.74, 6) is -0.136. The Balaban J connectivity index is 2.18. The molecule has 0 atom stereocenters. The lowest BCUT2D eigenvalue weighted by Gasteiger charge is -2.37. The van der Waals surface area contributed by atoms with E-state index >= 15 is 0 Å². The van der Waals surface area contributed by atoms with Crippen LogP contribution in [0.15, 0.2) is 29.2 Å². The van der Waals surface area contributed by atoms with Gasteiger partial charge in [-0.15, -0.1) is 0 Å². The van der Waals surface area contributed by atoms with E-state index in [9.17, 15) is 13.2 Å². The van der Waals surface area contributed by atoms with Crippen molar-refractivity contribution in [3.63, 3.8) is 0 Å². The molecule has 20 heavy (non-hydrogen) atoms. The molecule has 1 aliphatic rings. The minimum Gasteiger partial charge on any atom is -0.339 e. The summed E-state index contributed by atoms with van der Waals surface area (Å²) < 4.78 is 22.6. The number of benzene rings is 1. The van der Waals surface area contributed by atoms with Gasteiger partial charge in [-0.3, -0.25) is 4.79 Å². The molecule has 0 spiro atoms. The number of nitrogens with zero attached hydrogens (tertiary/aromatic N) is 1. The normalized spacial score (nSPS) is 18.9. The number of amides is 1. The summed E-state index contributed by atoms with van der Waals surface area (Å²) in [6, 6.07) is 5.88. The summed E-state index contributed by atoms with van der Waals surface area (Å²) in [7, 11) is 1.50. The lowest BCUT2D eigenvalue weighted by molar-refractivity contribution is 0.0630. The standard InChI is InChI=1S/C14H18ClNO3S/c1-14(2)6-8-16(9-7-14)13(17)11-4-3-5-12(10-11)20(15,18)19/h3-5,10H,6-9H2,1-2H3. The molecule has 0 bridgehead atoms. The minimum atomic E-state index is -3.81. The second-order valence-corrected chi connectivity index (χ2v) is 8.49. The summed E-state index contributed by atoms with van der Waals surface area (Å²) in [5, 5.41) is 0. The Morgan fingerprint density at radius 1 is 1.25 bits per heavy atom. The predicted octanol–water partition coefficient (Wildman–Crippen LogP) is 2.88. The molecular weight excluding hydrogens is 298 g/mol. The molecule has 1 aromatic carbocycles. The average Bonchev–Trinajstić information content (AvgIpc) is 2.37. The van der Waals surface area contributed by atoms with Crippen molar-refractivity contribution in [2.45, 2.75) is 31.6 Å². The topological polar surface area (TPSA) is 54.5 Å². The van der Waals surface area contributed by atoms with Gasteiger partial charge in [0.2, 0.25) is 0 Å². The van der Waals surface area contributed by atoms with Crippen molar-refractivity contribution >= 4 is 25.6 Å². The molecule has 1 aliphatic heterocycles. The first-order chi connectivity index (χ1) is 9.19. The number of carbonyl (C=O) groups excluding carboxylic acids is 1. The molecule has 0 radical (unpaired) electrons. The molecule has 6 heteroatoms. The van der Waals surface area contributed by atoms with E-state index in [0.717, 1.165) is 12.8 Å². The minimum absolute atomic E-state index is 0.0395. The van der Waals surface area contributed by atoms with Crippen molar-refractivity contribution in [2.24, 2.45) is 5.41 Å². The van der Waals surface area contributed by atoms with Crippen LogP contribution in [0.5, 0.6) is 0 Å². The Morgan fingerprint density at radius 2 is 1.85 bits per heavy atom. The van der Waals surface area contributed by atoms with Crippen molar-refractivity contribution in [3.8, 4) is 0 Å². The van der Waals surface area contributed by atoms with Gasteiger partial charge >= 0.3 is 0 Å². The lowest BCUT2D eigenvalue weighted by Crippen LogP contribution is -2.41. The van der Waals surface area contributed by atoms with Gasteiger partial charge in [0.05, 0.1) is 4.90 Å². The smallest absolute Gasteiger partial charge is 0.261 e. The number of rotatable bonds is 2. The van der Waals surface area contributed by atoms with Gasteiger partial charge in [0.15, 0.2) is 0 Å². The van der Waals surface area contributed by atoms with Crippen molar-refractivity contribution in [1.82, 2.24) is 4.90 Å². The molecule has 1 saturated heterocycles. The van der Waals surface area contributed by atoms with E-state index in [1.54, 1.807) is 11.0 Å². The van der Waals surface area contributed by atoms with Crippen LogP contribution in [0, 0.1) is 5.41 Å². The highest BCUT2D eigenvalue weighted by Gasteiger charge is 2.28. The van der Waals surface area contributed by atoms with Gasteiger partial charge in [-0.2, -0.15) is 0 Å². The second kappa shape index (κ2) is 5.37. The predicted molar refractivity (Wildman–Crippen MR) is 78.4 cm³/mol. The maximum atomic E-state index is 12.4. The second-order valence-electron chi connectivity index (χ2n) is 5.92. The van der Waals surface area contributed by atoms with Crippen LogP contribution in [0.1, 0.15) is 37.0 Å². The Morgan fingerprint density at radius 3 is 2.40 bits per heavy atom. The summed E-state index contributed by atoms with van der Waals surface area (Å²) in [6.45, 7) is 5.78. The van der Waals surface area contributed by atoms with E-state index in [4.69, 9.17) is 10.7 Å². The fraction of sp³-hybridized carbons (Fsp3) is 0.500. The molecule has 1 heterocycles. The van der Waals surface area contributed by atoms with Crippen LogP contribution in [0.3, 0.4) is 0 Å². The molecule has 1 amide bonds. The van der Waals surface area contributed by atoms with E-state index in [1.807, 2.05) is 0 Å². The number of piperidine rings is 1. The highest BCUT2D eigenvalue weighted by atomic mass is 35.7. The Hall–Kier alpha value is -1.07. The van der Waals surface area contributed by atoms with Crippen molar-refractivity contribution < 1.29 is 13.2 Å². The number of carbonyl (C=O) groups is 1. The number of hydrogen-bond acceptors (Lipinski definition) is 3. The molecular formula is C14H18ClNO3S. The van der Waals surface area contributed by atoms with Crippen molar-refractivity contribution in [1.29, 1.82) is 0 Å². The SMILES string of the molecule is CC1(C)CCN(C(=O)c2cccc(S(=O)(=O)Cl)c2)CC1. The first kappa shape index (κ1) is 15.3. The van der Waals surface area contributed by atoms with Crippen LogP contribution in [0.25, 0.3) is 0 Å². The number of halogens is 1. The number of hydrogen-bond donors (Lipinski definition) is 0. The maximum Gasteiger partial charge on any atom is 0.261 e. The van der Waals surface area contributed by atoms with E-state index in [2.05, 4.69) is 13.8 Å². The maximum absolute atomic E-state index is 12.4. The average molecular weight is 316 g/mol. The first-order valence-electron chi connectivity index (χ1n) is 6.53. The molecule has 0 N–H and O–H groups in total. The van der Waals surface area contributed by atoms with Gasteiger partial charge in [0.1, 0.15) is 0 Å². The lowest BCUT2D eigenvalue weighted by atomic mass is 9.82. The van der Waals surface area contributed by atoms with Crippen molar-refractivity contribution in [2.75, 3.05) is 13.1 Å². The number of likely N-dealkylation sites (tertiary alicyclic amines) is 1. The van der Waals surface area contributed by atoms with Crippen molar-refractivity contribution in [3.05, 3.63) is 29.8 Å². The third-order valence-electron chi connectivity index (χ3n) is 3.77. The quantitative estimate of drug-likeness (QED) is 0.789. The highest BCUT2D eigenvalue weighted by Crippen LogP contribution is 2.30. The largest absolute Gasteiger partial charge is 0.339 e. The van der Waals surface area contributed by atoms with Crippen LogP contribution < -0.4 is 0 Å². The molecule has 1 aromatic rings. The molecule has 0 unspecified atom stereocenters. The van der Waals surface area contributed by atoms with E-state index in [0.29, 0.717) is 18.7 Å². The zero-order chi connectivity index (χ0) is 15.0. The van der Waals surface area contributed by atoms with Crippen LogP contribution >= 0.6 is 10.7 Å². The van der Waals surface area contributed by atoms with Crippen LogP contribution in [0.4, 0.5) is 0 Å². The molecule has 2 rings (SSSR count). The Bertz CT molecular complexity index is 615. The zero-order valence-corrected chi connectivity index (χ0v) is 13.2. The molecule has 4 nitrogen and oxygen atoms in total. The van der Waals surface area contributed by atoms with E-state index in [-0.39, 0.29) is 16.2 Å². The van der Waals surface area contributed by atoms with Gasteiger partial charge in [-0.1, -0.05) is 19.9 Å². The van der Waals surface area contributed by atoms with Gasteiger partial charge < -0.3 is 4.90 Å². The zero-order valence-electron chi connectivity index (χ0n) is 11.6. The Kier molecular flexibility index (Phi) is 4.12. The molecule has 0 aliphatic carbocycles. The first-order valence-corrected chi connectivity index (χ1v) is 8.84. The van der Waals surface area contributed by atoms with Crippen LogP contribution in [-0.2, 0) is 9.05 Å². The summed E-state index contributed by atoms with van der Waals surface area (Å²) in [6.07, 6.45) is 1.90. The van der Waals surface area contributed by atoms with Crippen LogP contribution in [0.2, 0.25) is 0 Å². The molecule has 110 valence electrons. The third-order valence-corrected chi connectivity index (χ3v) is 5.12. The summed E-state index contributed by atoms with van der Waals surface area (Å²) >= 11 is 0. The van der Waals surface area contributed by atoms with Gasteiger partial charge in [-0.05, 0) is 36.5 Å². The fourth-order valence-electron chi connectivity index (χ4n) is 2.28. The van der Waals surface area contributed by atoms with E-state index in [1.165, 1.54) is 18.2 Å². The van der Waals surface area contributed by atoms with E-state index < -0.39 is 9.05 Å². The molecule has 0 aromatic heterocycles. The van der Waals surface area contributed by atoms with Crippen LogP contribution in [-0.4, -0.2) is 32.3 Å². The summed E-state index contributed by atoms with van der Waals surface area (Å²) in [4.78, 5) is 14.1. The summed E-state index contributed by atoms with van der Waals surface area (Å²) in [5.41, 5.74) is 0.629. The molecule has 1 fully saturated rings. The third kappa shape index (κ3) is 3.52.